The molecule has 7 heteroatoms. The van der Waals surface area contributed by atoms with Crippen molar-refractivity contribution < 1.29 is 9.13 Å². The standard InChI is InChI=1S/C24H25FN4OS/c1-26-19-6-2-17(3-7-19)23-27-21(16-22(28-23)29-12-14-30-15-13-29)24(10-11-24)31-20-8-4-18(25)5-9-20/h2-9,16,26H,10-15H2,1H3. The summed E-state index contributed by atoms with van der Waals surface area (Å²) in [7, 11) is 1.91. The van der Waals surface area contributed by atoms with Gasteiger partial charge in [-0.15, -0.1) is 11.8 Å². The summed E-state index contributed by atoms with van der Waals surface area (Å²) in [6, 6.07) is 17.1. The number of ether oxygens (including phenoxy) is 1. The minimum absolute atomic E-state index is 0.0819. The Balaban J connectivity index is 1.52. The van der Waals surface area contributed by atoms with Crippen LogP contribution in [0.5, 0.6) is 0 Å². The topological polar surface area (TPSA) is 50.3 Å². The second-order valence-electron chi connectivity index (χ2n) is 7.91. The van der Waals surface area contributed by atoms with Gasteiger partial charge in [-0.3, -0.25) is 0 Å². The molecule has 0 spiro atoms. The van der Waals surface area contributed by atoms with Crippen molar-refractivity contribution in [1.82, 2.24) is 9.97 Å². The largest absolute Gasteiger partial charge is 0.388 e. The first kappa shape index (κ1) is 20.3. The second-order valence-corrected chi connectivity index (χ2v) is 9.37. The number of nitrogens with one attached hydrogen (secondary N) is 1. The predicted octanol–water partition coefficient (Wildman–Crippen LogP) is 4.94. The molecule has 1 saturated carbocycles. The van der Waals surface area contributed by atoms with E-state index in [1.165, 1.54) is 12.1 Å². The summed E-state index contributed by atoms with van der Waals surface area (Å²) >= 11 is 1.77. The van der Waals surface area contributed by atoms with Crippen molar-refractivity contribution in [3.63, 3.8) is 0 Å². The summed E-state index contributed by atoms with van der Waals surface area (Å²) in [5, 5.41) is 3.15. The van der Waals surface area contributed by atoms with Gasteiger partial charge in [0.05, 0.1) is 23.7 Å². The first-order valence-electron chi connectivity index (χ1n) is 10.6. The predicted molar refractivity (Wildman–Crippen MR) is 123 cm³/mol. The lowest BCUT2D eigenvalue weighted by Crippen LogP contribution is -2.37. The van der Waals surface area contributed by atoms with Gasteiger partial charge in [0, 0.05) is 42.3 Å². The van der Waals surface area contributed by atoms with Gasteiger partial charge in [0.25, 0.3) is 0 Å². The molecule has 2 fully saturated rings. The van der Waals surface area contributed by atoms with Gasteiger partial charge in [0.1, 0.15) is 11.6 Å². The van der Waals surface area contributed by atoms with E-state index in [2.05, 4.69) is 28.4 Å². The SMILES string of the molecule is CNc1ccc(-c2nc(N3CCOCC3)cc(C3(Sc4ccc(F)cc4)CC3)n2)cc1. The molecule has 31 heavy (non-hydrogen) atoms. The lowest BCUT2D eigenvalue weighted by molar-refractivity contribution is 0.122. The number of nitrogens with zero attached hydrogens (tertiary/aromatic N) is 3. The zero-order valence-electron chi connectivity index (χ0n) is 17.5. The summed E-state index contributed by atoms with van der Waals surface area (Å²) in [6.07, 6.45) is 2.10. The minimum atomic E-state index is -0.210. The summed E-state index contributed by atoms with van der Waals surface area (Å²) < 4.78 is 18.8. The van der Waals surface area contributed by atoms with Crippen LogP contribution in [0.1, 0.15) is 18.5 Å². The number of halogens is 1. The van der Waals surface area contributed by atoms with Crippen LogP contribution >= 0.6 is 11.8 Å². The summed E-state index contributed by atoms with van der Waals surface area (Å²) in [4.78, 5) is 13.3. The van der Waals surface area contributed by atoms with Crippen molar-refractivity contribution in [2.45, 2.75) is 22.5 Å². The Labute approximate surface area is 186 Å². The van der Waals surface area contributed by atoms with Crippen LogP contribution in [0.25, 0.3) is 11.4 Å². The zero-order valence-corrected chi connectivity index (χ0v) is 18.3. The third-order valence-electron chi connectivity index (χ3n) is 5.78. The molecule has 0 atom stereocenters. The van der Waals surface area contributed by atoms with Crippen LogP contribution in [0.2, 0.25) is 0 Å². The minimum Gasteiger partial charge on any atom is -0.388 e. The normalized spacial score (nSPS) is 17.4. The Morgan fingerprint density at radius 2 is 1.71 bits per heavy atom. The van der Waals surface area contributed by atoms with Crippen molar-refractivity contribution in [2.24, 2.45) is 0 Å². The van der Waals surface area contributed by atoms with Crippen LogP contribution < -0.4 is 10.2 Å². The van der Waals surface area contributed by atoms with E-state index in [1.54, 1.807) is 11.8 Å². The Hall–Kier alpha value is -2.64. The second kappa shape index (κ2) is 8.48. The number of benzene rings is 2. The van der Waals surface area contributed by atoms with Crippen molar-refractivity contribution in [1.29, 1.82) is 0 Å². The van der Waals surface area contributed by atoms with E-state index in [4.69, 9.17) is 14.7 Å². The van der Waals surface area contributed by atoms with Gasteiger partial charge in [-0.05, 0) is 61.4 Å². The van der Waals surface area contributed by atoms with E-state index >= 15 is 0 Å². The number of anilines is 2. The molecular formula is C24H25FN4OS. The van der Waals surface area contributed by atoms with E-state index in [0.717, 1.165) is 59.4 Å². The molecule has 1 aliphatic carbocycles. The average Bonchev–Trinajstić information content (AvgIpc) is 3.62. The molecule has 2 aliphatic rings. The van der Waals surface area contributed by atoms with Gasteiger partial charge in [0.15, 0.2) is 5.82 Å². The van der Waals surface area contributed by atoms with Crippen LogP contribution in [-0.2, 0) is 9.48 Å². The highest BCUT2D eigenvalue weighted by Gasteiger charge is 2.47. The van der Waals surface area contributed by atoms with E-state index in [-0.39, 0.29) is 10.6 Å². The van der Waals surface area contributed by atoms with Crippen molar-refractivity contribution in [3.05, 3.63) is 66.1 Å². The smallest absolute Gasteiger partial charge is 0.161 e. The van der Waals surface area contributed by atoms with Crippen LogP contribution in [0, 0.1) is 5.82 Å². The molecule has 2 aromatic carbocycles. The summed E-state index contributed by atoms with van der Waals surface area (Å²) in [5.74, 6) is 1.48. The number of aromatic nitrogens is 2. The van der Waals surface area contributed by atoms with Gasteiger partial charge in [0.2, 0.25) is 0 Å². The molecule has 2 heterocycles. The molecule has 0 amide bonds. The maximum atomic E-state index is 13.4. The first-order chi connectivity index (χ1) is 15.1. The average molecular weight is 437 g/mol. The number of hydrogen-bond acceptors (Lipinski definition) is 6. The van der Waals surface area contributed by atoms with E-state index in [9.17, 15) is 4.39 Å². The molecule has 5 rings (SSSR count). The molecule has 0 radical (unpaired) electrons. The van der Waals surface area contributed by atoms with Crippen molar-refractivity contribution in [2.75, 3.05) is 43.6 Å². The summed E-state index contributed by atoms with van der Waals surface area (Å²) in [5.41, 5.74) is 3.10. The molecular weight excluding hydrogens is 411 g/mol. The van der Waals surface area contributed by atoms with Crippen LogP contribution in [-0.4, -0.2) is 43.3 Å². The number of hydrogen-bond donors (Lipinski definition) is 1. The Morgan fingerprint density at radius 3 is 2.35 bits per heavy atom. The first-order valence-corrected chi connectivity index (χ1v) is 11.4. The third kappa shape index (κ3) is 4.38. The van der Waals surface area contributed by atoms with Crippen LogP contribution in [0.4, 0.5) is 15.9 Å². The lowest BCUT2D eigenvalue weighted by Gasteiger charge is -2.29. The molecule has 1 aromatic heterocycles. The Morgan fingerprint density at radius 1 is 1.00 bits per heavy atom. The quantitative estimate of drug-likeness (QED) is 0.591. The van der Waals surface area contributed by atoms with Crippen LogP contribution in [0.3, 0.4) is 0 Å². The Kier molecular flexibility index (Phi) is 5.54. The molecule has 1 N–H and O–H groups in total. The monoisotopic (exact) mass is 436 g/mol. The highest BCUT2D eigenvalue weighted by atomic mass is 32.2. The highest BCUT2D eigenvalue weighted by molar-refractivity contribution is 8.00. The Bertz CT molecular complexity index is 1050. The van der Waals surface area contributed by atoms with Crippen LogP contribution in [0.15, 0.2) is 59.5 Å². The maximum Gasteiger partial charge on any atom is 0.161 e. The molecule has 3 aromatic rings. The molecule has 0 unspecified atom stereocenters. The number of rotatable bonds is 6. The van der Waals surface area contributed by atoms with E-state index < -0.39 is 0 Å². The molecule has 160 valence electrons. The number of thioether (sulfide) groups is 1. The highest BCUT2D eigenvalue weighted by Crippen LogP contribution is 2.59. The number of morpholine rings is 1. The van der Waals surface area contributed by atoms with Crippen molar-refractivity contribution >= 4 is 23.3 Å². The fraction of sp³-hybridized carbons (Fsp3) is 0.333. The van der Waals surface area contributed by atoms with Gasteiger partial charge >= 0.3 is 0 Å². The third-order valence-corrected chi connectivity index (χ3v) is 7.29. The maximum absolute atomic E-state index is 13.4. The molecule has 1 aliphatic heterocycles. The fourth-order valence-electron chi connectivity index (χ4n) is 3.79. The van der Waals surface area contributed by atoms with Crippen molar-refractivity contribution in [3.8, 4) is 11.4 Å². The lowest BCUT2D eigenvalue weighted by atomic mass is 10.1. The van der Waals surface area contributed by atoms with E-state index in [1.807, 2.05) is 31.3 Å². The van der Waals surface area contributed by atoms with E-state index in [0.29, 0.717) is 13.2 Å². The van der Waals surface area contributed by atoms with Gasteiger partial charge < -0.3 is 15.0 Å². The molecule has 5 nitrogen and oxygen atoms in total. The van der Waals surface area contributed by atoms with Gasteiger partial charge in [-0.2, -0.15) is 0 Å². The summed E-state index contributed by atoms with van der Waals surface area (Å²) in [6.45, 7) is 3.07. The van der Waals surface area contributed by atoms with Gasteiger partial charge in [-0.25, -0.2) is 14.4 Å². The zero-order chi connectivity index (χ0) is 21.3. The van der Waals surface area contributed by atoms with Gasteiger partial charge in [-0.1, -0.05) is 0 Å². The fourth-order valence-corrected chi connectivity index (χ4v) is 5.03. The molecule has 1 saturated heterocycles. The molecule has 0 bridgehead atoms.